The Balaban J connectivity index is 1.01. The quantitative estimate of drug-likeness (QED) is 0.183. The lowest BCUT2D eigenvalue weighted by Crippen LogP contribution is -2.15. The first-order valence-corrected chi connectivity index (χ1v) is 18.7. The van der Waals surface area contributed by atoms with Crippen molar-refractivity contribution < 1.29 is 4.74 Å². The third kappa shape index (κ3) is 4.55. The predicted octanol–water partition coefficient (Wildman–Crippen LogP) is 14.0. The number of hydrogen-bond donors (Lipinski definition) is 0. The summed E-state index contributed by atoms with van der Waals surface area (Å²) in [4.78, 5) is 2.31. The lowest BCUT2D eigenvalue weighted by Gasteiger charge is -2.33. The van der Waals surface area contributed by atoms with Gasteiger partial charge in [-0.25, -0.2) is 0 Å². The number of aromatic nitrogens is 1. The molecule has 0 radical (unpaired) electrons. The molecule has 3 nitrogen and oxygen atoms in total. The maximum atomic E-state index is 6.63. The molecule has 256 valence electrons. The lowest BCUT2D eigenvalue weighted by molar-refractivity contribution is 0.477. The highest BCUT2D eigenvalue weighted by Gasteiger charge is 2.35. The van der Waals surface area contributed by atoms with Crippen molar-refractivity contribution in [2.45, 2.75) is 19.3 Å². The summed E-state index contributed by atoms with van der Waals surface area (Å²) < 4.78 is 9.06. The Hall–Kier alpha value is -6.84. The van der Waals surface area contributed by atoms with Crippen LogP contribution in [0.2, 0.25) is 0 Å². The molecule has 0 spiro atoms. The summed E-state index contributed by atoms with van der Waals surface area (Å²) >= 11 is 0. The number of fused-ring (bicyclic) bond motifs is 8. The summed E-state index contributed by atoms with van der Waals surface area (Å²) in [6, 6.07) is 65.8. The van der Waals surface area contributed by atoms with Crippen LogP contribution in [0.1, 0.15) is 25.0 Å². The van der Waals surface area contributed by atoms with Gasteiger partial charge < -0.3 is 14.2 Å². The van der Waals surface area contributed by atoms with Gasteiger partial charge in [-0.05, 0) is 111 Å². The number of nitrogens with zero attached hydrogens (tertiary/aromatic N) is 2. The molecular formula is C51H36N2O. The van der Waals surface area contributed by atoms with E-state index in [0.717, 1.165) is 39.7 Å². The maximum absolute atomic E-state index is 6.63. The zero-order valence-electron chi connectivity index (χ0n) is 30.1. The molecule has 1 aromatic heterocycles. The van der Waals surface area contributed by atoms with Crippen molar-refractivity contribution in [3.8, 4) is 50.6 Å². The molecule has 54 heavy (non-hydrogen) atoms. The van der Waals surface area contributed by atoms with Gasteiger partial charge in [-0.3, -0.25) is 0 Å². The molecule has 11 rings (SSSR count). The van der Waals surface area contributed by atoms with Gasteiger partial charge in [0.05, 0.1) is 22.4 Å². The number of ether oxygens (including phenoxy) is 1. The fourth-order valence-corrected chi connectivity index (χ4v) is 8.93. The number of hydrogen-bond acceptors (Lipinski definition) is 2. The highest BCUT2D eigenvalue weighted by molar-refractivity contribution is 6.10. The van der Waals surface area contributed by atoms with Gasteiger partial charge in [0, 0.05) is 27.6 Å². The van der Waals surface area contributed by atoms with Crippen molar-refractivity contribution in [1.82, 2.24) is 4.57 Å². The Morgan fingerprint density at radius 3 is 1.93 bits per heavy atom. The van der Waals surface area contributed by atoms with E-state index in [0.29, 0.717) is 0 Å². The summed E-state index contributed by atoms with van der Waals surface area (Å²) in [5, 5.41) is 2.47. The second-order valence-electron chi connectivity index (χ2n) is 15.0. The van der Waals surface area contributed by atoms with Crippen LogP contribution in [0.25, 0.3) is 60.9 Å². The summed E-state index contributed by atoms with van der Waals surface area (Å²) in [6.45, 7) is 4.68. The van der Waals surface area contributed by atoms with E-state index in [-0.39, 0.29) is 5.41 Å². The van der Waals surface area contributed by atoms with Crippen molar-refractivity contribution in [3.05, 3.63) is 193 Å². The van der Waals surface area contributed by atoms with E-state index in [9.17, 15) is 0 Å². The molecule has 2 heterocycles. The molecule has 0 fully saturated rings. The van der Waals surface area contributed by atoms with Crippen LogP contribution in [-0.2, 0) is 5.41 Å². The van der Waals surface area contributed by atoms with Crippen LogP contribution in [-0.4, -0.2) is 4.57 Å². The van der Waals surface area contributed by atoms with Crippen LogP contribution in [0.15, 0.2) is 182 Å². The van der Waals surface area contributed by atoms with Crippen LogP contribution in [0.5, 0.6) is 11.5 Å². The van der Waals surface area contributed by atoms with Crippen LogP contribution in [0, 0.1) is 0 Å². The van der Waals surface area contributed by atoms with E-state index in [4.69, 9.17) is 4.74 Å². The molecule has 3 heteroatoms. The van der Waals surface area contributed by atoms with Crippen molar-refractivity contribution in [2.75, 3.05) is 4.90 Å². The van der Waals surface area contributed by atoms with Crippen molar-refractivity contribution in [1.29, 1.82) is 0 Å². The van der Waals surface area contributed by atoms with Gasteiger partial charge in [-0.15, -0.1) is 0 Å². The third-order valence-electron chi connectivity index (χ3n) is 11.6. The standard InChI is InChI=1S/C51H36N2O/c1-51(2)43-16-8-6-14-39(43)41-32-38(26-27-44(41)51)53-45-17-9-7-15-40(45)42-30-35(22-28-46(42)53)36-23-29-48-50(31-36)54-49-19-11-10-18-47(49)52(48)37-24-20-34(21-25-37)33-12-4-3-5-13-33/h3-32H,1-2H3. The summed E-state index contributed by atoms with van der Waals surface area (Å²) in [7, 11) is 0. The average Bonchev–Trinajstić information content (AvgIpc) is 3.68. The van der Waals surface area contributed by atoms with Gasteiger partial charge in [0.25, 0.3) is 0 Å². The zero-order chi connectivity index (χ0) is 36.0. The summed E-state index contributed by atoms with van der Waals surface area (Å²) in [5.74, 6) is 1.68. The van der Waals surface area contributed by atoms with E-state index in [1.54, 1.807) is 0 Å². The Morgan fingerprint density at radius 1 is 0.407 bits per heavy atom. The molecule has 2 aliphatic rings. The highest BCUT2D eigenvalue weighted by Crippen LogP contribution is 2.52. The van der Waals surface area contributed by atoms with Gasteiger partial charge >= 0.3 is 0 Å². The lowest BCUT2D eigenvalue weighted by atomic mass is 9.82. The van der Waals surface area contributed by atoms with Crippen LogP contribution < -0.4 is 9.64 Å². The summed E-state index contributed by atoms with van der Waals surface area (Å²) in [5.41, 5.74) is 16.8. The maximum Gasteiger partial charge on any atom is 0.152 e. The van der Waals surface area contributed by atoms with Crippen molar-refractivity contribution in [3.63, 3.8) is 0 Å². The molecule has 1 aliphatic heterocycles. The van der Waals surface area contributed by atoms with E-state index in [2.05, 4.69) is 199 Å². The SMILES string of the molecule is CC1(C)c2ccccc2-c2cc(-n3c4ccccc4c4cc(-c5ccc6c(c5)Oc5ccccc5N6c5ccc(-c6ccccc6)cc5)ccc43)ccc21. The predicted molar refractivity (Wildman–Crippen MR) is 224 cm³/mol. The Morgan fingerprint density at radius 2 is 1.04 bits per heavy atom. The van der Waals surface area contributed by atoms with E-state index >= 15 is 0 Å². The average molecular weight is 693 g/mol. The monoisotopic (exact) mass is 692 g/mol. The number of benzene rings is 8. The minimum absolute atomic E-state index is 0.0229. The fraction of sp³-hybridized carbons (Fsp3) is 0.0588. The Labute approximate surface area is 315 Å². The van der Waals surface area contributed by atoms with Gasteiger partial charge in [0.15, 0.2) is 11.5 Å². The molecule has 0 saturated carbocycles. The van der Waals surface area contributed by atoms with Crippen molar-refractivity contribution >= 4 is 38.9 Å². The number of para-hydroxylation sites is 3. The minimum Gasteiger partial charge on any atom is -0.453 e. The molecule has 0 bridgehead atoms. The van der Waals surface area contributed by atoms with E-state index < -0.39 is 0 Å². The number of anilines is 3. The molecule has 0 amide bonds. The molecule has 0 saturated heterocycles. The molecular weight excluding hydrogens is 657 g/mol. The molecule has 8 aromatic carbocycles. The second-order valence-corrected chi connectivity index (χ2v) is 15.0. The smallest absolute Gasteiger partial charge is 0.152 e. The third-order valence-corrected chi connectivity index (χ3v) is 11.6. The Kier molecular flexibility index (Phi) is 6.60. The van der Waals surface area contributed by atoms with E-state index in [1.165, 1.54) is 60.9 Å². The van der Waals surface area contributed by atoms with Crippen LogP contribution >= 0.6 is 0 Å². The van der Waals surface area contributed by atoms with Gasteiger partial charge in [0.1, 0.15) is 0 Å². The van der Waals surface area contributed by atoms with Crippen LogP contribution in [0.3, 0.4) is 0 Å². The molecule has 0 N–H and O–H groups in total. The molecule has 9 aromatic rings. The largest absolute Gasteiger partial charge is 0.453 e. The normalized spacial score (nSPS) is 13.6. The van der Waals surface area contributed by atoms with Crippen molar-refractivity contribution in [2.24, 2.45) is 0 Å². The molecule has 1 aliphatic carbocycles. The zero-order valence-corrected chi connectivity index (χ0v) is 30.1. The molecule has 0 atom stereocenters. The minimum atomic E-state index is -0.0229. The first-order chi connectivity index (χ1) is 26.5. The number of rotatable bonds is 4. The topological polar surface area (TPSA) is 17.4 Å². The van der Waals surface area contributed by atoms with Gasteiger partial charge in [-0.1, -0.05) is 129 Å². The Bertz CT molecular complexity index is 2940. The van der Waals surface area contributed by atoms with Crippen LogP contribution in [0.4, 0.5) is 17.1 Å². The second kappa shape index (κ2) is 11.6. The highest BCUT2D eigenvalue weighted by atomic mass is 16.5. The van der Waals surface area contributed by atoms with E-state index in [1.807, 2.05) is 6.07 Å². The first-order valence-electron chi connectivity index (χ1n) is 18.7. The van der Waals surface area contributed by atoms with Gasteiger partial charge in [-0.2, -0.15) is 0 Å². The molecule has 0 unspecified atom stereocenters. The fourth-order valence-electron chi connectivity index (χ4n) is 8.93. The summed E-state index contributed by atoms with van der Waals surface area (Å²) in [6.07, 6.45) is 0. The van der Waals surface area contributed by atoms with Gasteiger partial charge in [0.2, 0.25) is 0 Å². The first kappa shape index (κ1) is 30.8.